The van der Waals surface area contributed by atoms with Crippen molar-refractivity contribution in [2.75, 3.05) is 0 Å². The van der Waals surface area contributed by atoms with Gasteiger partial charge >= 0.3 is 0 Å². The molecule has 2 amide bonds. The SMILES string of the molecule is O=C(NC1CCC(NC(=O)c2cccc(Cl)c2O)CC1)c1cc(F)cnc1Oc1ccc(F)c(F)c1. The Morgan fingerprint density at radius 2 is 1.56 bits per heavy atom. The molecule has 1 aliphatic carbocycles. The van der Waals surface area contributed by atoms with Crippen molar-refractivity contribution in [3.63, 3.8) is 0 Å². The molecule has 1 fully saturated rings. The lowest BCUT2D eigenvalue weighted by atomic mass is 9.90. The van der Waals surface area contributed by atoms with Crippen molar-refractivity contribution in [3.05, 3.63) is 82.3 Å². The molecular formula is C25H21ClF3N3O4. The van der Waals surface area contributed by atoms with E-state index in [2.05, 4.69) is 15.6 Å². The van der Waals surface area contributed by atoms with Crippen LogP contribution in [0.4, 0.5) is 13.2 Å². The topological polar surface area (TPSA) is 101 Å². The first-order valence-electron chi connectivity index (χ1n) is 11.1. The first-order valence-corrected chi connectivity index (χ1v) is 11.5. The number of para-hydroxylation sites is 1. The Bertz CT molecular complexity index is 1300. The van der Waals surface area contributed by atoms with Crippen LogP contribution in [0.1, 0.15) is 46.4 Å². The highest BCUT2D eigenvalue weighted by atomic mass is 35.5. The normalized spacial score (nSPS) is 17.3. The number of phenolic OH excluding ortho intramolecular Hbond substituents is 1. The minimum atomic E-state index is -1.14. The van der Waals surface area contributed by atoms with E-state index in [1.165, 1.54) is 12.1 Å². The van der Waals surface area contributed by atoms with Crippen molar-refractivity contribution in [1.82, 2.24) is 15.6 Å². The fourth-order valence-corrected chi connectivity index (χ4v) is 4.10. The number of hydrogen-bond acceptors (Lipinski definition) is 5. The molecule has 1 aromatic heterocycles. The number of carbonyl (C=O) groups excluding carboxylic acids is 2. The van der Waals surface area contributed by atoms with Gasteiger partial charge in [0.2, 0.25) is 5.88 Å². The van der Waals surface area contributed by atoms with Crippen LogP contribution >= 0.6 is 11.6 Å². The van der Waals surface area contributed by atoms with Crippen molar-refractivity contribution in [2.24, 2.45) is 0 Å². The molecule has 0 unspecified atom stereocenters. The standard InChI is InChI=1S/C25H21ClF3N3O4/c26-19-3-1-2-17(22(19)33)23(34)31-14-4-6-15(7-5-14)32-24(35)18-10-13(27)12-30-25(18)36-16-8-9-20(28)21(29)11-16/h1-3,8-12,14-15,33H,4-7H2,(H,31,34)(H,32,35). The number of hydrogen-bond donors (Lipinski definition) is 3. The molecule has 11 heteroatoms. The van der Waals surface area contributed by atoms with Crippen molar-refractivity contribution >= 4 is 23.4 Å². The second-order valence-corrected chi connectivity index (χ2v) is 8.72. The number of aromatic nitrogens is 1. The first-order chi connectivity index (χ1) is 17.2. The van der Waals surface area contributed by atoms with Gasteiger partial charge in [-0.1, -0.05) is 17.7 Å². The zero-order valence-electron chi connectivity index (χ0n) is 18.7. The van der Waals surface area contributed by atoms with Crippen LogP contribution < -0.4 is 15.4 Å². The number of pyridine rings is 1. The van der Waals surface area contributed by atoms with Gasteiger partial charge in [-0.15, -0.1) is 0 Å². The lowest BCUT2D eigenvalue weighted by molar-refractivity contribution is 0.0888. The van der Waals surface area contributed by atoms with Crippen LogP contribution in [0.3, 0.4) is 0 Å². The third kappa shape index (κ3) is 5.88. The fraction of sp³-hybridized carbons (Fsp3) is 0.240. The van der Waals surface area contributed by atoms with Crippen molar-refractivity contribution in [1.29, 1.82) is 0 Å². The van der Waals surface area contributed by atoms with Crippen molar-refractivity contribution in [3.8, 4) is 17.4 Å². The Kier molecular flexibility index (Phi) is 7.64. The van der Waals surface area contributed by atoms with Crippen molar-refractivity contribution in [2.45, 2.75) is 37.8 Å². The van der Waals surface area contributed by atoms with E-state index >= 15 is 0 Å². The molecule has 1 heterocycles. The molecule has 0 aliphatic heterocycles. The molecule has 7 nitrogen and oxygen atoms in total. The molecule has 0 spiro atoms. The Morgan fingerprint density at radius 3 is 2.19 bits per heavy atom. The molecule has 4 rings (SSSR count). The van der Waals surface area contributed by atoms with E-state index in [1.807, 2.05) is 0 Å². The Hall–Kier alpha value is -3.79. The molecule has 1 aliphatic rings. The molecule has 3 aromatic rings. The second-order valence-electron chi connectivity index (χ2n) is 8.32. The summed E-state index contributed by atoms with van der Waals surface area (Å²) in [5.74, 6) is -4.73. The summed E-state index contributed by atoms with van der Waals surface area (Å²) in [4.78, 5) is 29.1. The third-order valence-corrected chi connectivity index (χ3v) is 6.10. The van der Waals surface area contributed by atoms with Crippen LogP contribution in [0.15, 0.2) is 48.7 Å². The maximum atomic E-state index is 13.8. The molecule has 0 radical (unpaired) electrons. The van der Waals surface area contributed by atoms with E-state index in [9.17, 15) is 27.9 Å². The van der Waals surface area contributed by atoms with Crippen LogP contribution in [-0.2, 0) is 0 Å². The van der Waals surface area contributed by atoms with E-state index < -0.39 is 29.3 Å². The monoisotopic (exact) mass is 519 g/mol. The van der Waals surface area contributed by atoms with Crippen LogP contribution in [0.5, 0.6) is 17.4 Å². The number of benzene rings is 2. The minimum Gasteiger partial charge on any atom is -0.506 e. The molecule has 0 atom stereocenters. The summed E-state index contributed by atoms with van der Waals surface area (Å²) in [6.07, 6.45) is 3.01. The van der Waals surface area contributed by atoms with Gasteiger partial charge in [-0.2, -0.15) is 0 Å². The van der Waals surface area contributed by atoms with E-state index in [0.717, 1.165) is 30.5 Å². The Balaban J connectivity index is 1.36. The first kappa shape index (κ1) is 25.3. The van der Waals surface area contributed by atoms with E-state index in [0.29, 0.717) is 25.7 Å². The summed E-state index contributed by atoms with van der Waals surface area (Å²) in [6, 6.07) is 7.83. The van der Waals surface area contributed by atoms with E-state index in [1.54, 1.807) is 6.07 Å². The van der Waals surface area contributed by atoms with Crippen LogP contribution in [0.2, 0.25) is 5.02 Å². The van der Waals surface area contributed by atoms with Gasteiger partial charge in [0.25, 0.3) is 11.8 Å². The summed E-state index contributed by atoms with van der Waals surface area (Å²) in [5.41, 5.74) is -0.128. The summed E-state index contributed by atoms with van der Waals surface area (Å²) in [7, 11) is 0. The summed E-state index contributed by atoms with van der Waals surface area (Å²) in [5, 5.41) is 15.7. The molecule has 3 N–H and O–H groups in total. The van der Waals surface area contributed by atoms with Gasteiger partial charge in [0, 0.05) is 18.2 Å². The predicted molar refractivity (Wildman–Crippen MR) is 125 cm³/mol. The van der Waals surface area contributed by atoms with Crippen LogP contribution in [-0.4, -0.2) is 34.0 Å². The molecule has 1 saturated carbocycles. The van der Waals surface area contributed by atoms with Gasteiger partial charge in [0.15, 0.2) is 11.6 Å². The van der Waals surface area contributed by atoms with Crippen LogP contribution in [0, 0.1) is 17.5 Å². The summed E-state index contributed by atoms with van der Waals surface area (Å²) < 4.78 is 45.9. The number of phenols is 1. The average Bonchev–Trinajstić information content (AvgIpc) is 2.85. The molecule has 2 aromatic carbocycles. The zero-order chi connectivity index (χ0) is 25.8. The highest BCUT2D eigenvalue weighted by Crippen LogP contribution is 2.28. The quantitative estimate of drug-likeness (QED) is 0.419. The number of halogens is 4. The molecule has 0 saturated heterocycles. The maximum Gasteiger partial charge on any atom is 0.257 e. The molecule has 36 heavy (non-hydrogen) atoms. The molecule has 0 bridgehead atoms. The van der Waals surface area contributed by atoms with Crippen molar-refractivity contribution < 1.29 is 32.6 Å². The lowest BCUT2D eigenvalue weighted by Gasteiger charge is -2.30. The van der Waals surface area contributed by atoms with Gasteiger partial charge in [-0.05, 0) is 56.0 Å². The second kappa shape index (κ2) is 10.9. The Labute approximate surface area is 209 Å². The average molecular weight is 520 g/mol. The number of carbonyl (C=O) groups is 2. The van der Waals surface area contributed by atoms with Gasteiger partial charge in [-0.25, -0.2) is 18.2 Å². The highest BCUT2D eigenvalue weighted by Gasteiger charge is 2.26. The number of ether oxygens (including phenoxy) is 1. The summed E-state index contributed by atoms with van der Waals surface area (Å²) in [6.45, 7) is 0. The molecular weight excluding hydrogens is 499 g/mol. The predicted octanol–water partition coefficient (Wildman–Crippen LogP) is 5.12. The number of aromatic hydroxyl groups is 1. The summed E-state index contributed by atoms with van der Waals surface area (Å²) >= 11 is 5.86. The number of nitrogens with zero attached hydrogens (tertiary/aromatic N) is 1. The van der Waals surface area contributed by atoms with Gasteiger partial charge < -0.3 is 20.5 Å². The minimum absolute atomic E-state index is 0.0742. The number of rotatable bonds is 6. The van der Waals surface area contributed by atoms with Gasteiger partial charge in [-0.3, -0.25) is 9.59 Å². The number of nitrogens with one attached hydrogen (secondary N) is 2. The van der Waals surface area contributed by atoms with E-state index in [4.69, 9.17) is 16.3 Å². The zero-order valence-corrected chi connectivity index (χ0v) is 19.5. The van der Waals surface area contributed by atoms with Gasteiger partial charge in [0.1, 0.15) is 22.9 Å². The Morgan fingerprint density at radius 1 is 0.917 bits per heavy atom. The smallest absolute Gasteiger partial charge is 0.257 e. The number of amides is 2. The fourth-order valence-electron chi connectivity index (χ4n) is 3.93. The maximum absolute atomic E-state index is 13.8. The van der Waals surface area contributed by atoms with E-state index in [-0.39, 0.29) is 45.6 Å². The third-order valence-electron chi connectivity index (χ3n) is 5.80. The van der Waals surface area contributed by atoms with Gasteiger partial charge in [0.05, 0.1) is 16.8 Å². The largest absolute Gasteiger partial charge is 0.506 e. The molecule has 188 valence electrons. The van der Waals surface area contributed by atoms with Crippen LogP contribution in [0.25, 0.3) is 0 Å². The lowest BCUT2D eigenvalue weighted by Crippen LogP contribution is -2.43. The highest BCUT2D eigenvalue weighted by molar-refractivity contribution is 6.32.